The smallest absolute Gasteiger partial charge is 0.262 e. The van der Waals surface area contributed by atoms with E-state index in [1.54, 1.807) is 41.3 Å². The largest absolute Gasteiger partial charge is 0.493 e. The Kier molecular flexibility index (Phi) is 7.24. The standard InChI is InChI=1S/C24H21FN2O3S2/c1-16-6-9-18(10-7-16)29-12-13-31-24-27-20-11-8-17(14-22(20)32-24)26-23(28)15-30-21-5-3-2-4-19(21)25/h2-11,14H,12-13,15H2,1H3,(H,26,28). The molecule has 0 bridgehead atoms. The zero-order chi connectivity index (χ0) is 22.3. The van der Waals surface area contributed by atoms with Gasteiger partial charge in [0.2, 0.25) is 0 Å². The molecule has 3 aromatic carbocycles. The van der Waals surface area contributed by atoms with Crippen molar-refractivity contribution in [2.24, 2.45) is 0 Å². The Morgan fingerprint density at radius 2 is 1.91 bits per heavy atom. The van der Waals surface area contributed by atoms with Crippen molar-refractivity contribution in [2.45, 2.75) is 11.3 Å². The van der Waals surface area contributed by atoms with E-state index in [1.807, 2.05) is 43.3 Å². The van der Waals surface area contributed by atoms with Crippen LogP contribution in [0.2, 0.25) is 0 Å². The number of hydrogen-bond donors (Lipinski definition) is 1. The maximum Gasteiger partial charge on any atom is 0.262 e. The van der Waals surface area contributed by atoms with E-state index >= 15 is 0 Å². The van der Waals surface area contributed by atoms with Gasteiger partial charge in [0.15, 0.2) is 22.5 Å². The number of fused-ring (bicyclic) bond motifs is 1. The summed E-state index contributed by atoms with van der Waals surface area (Å²) in [5.41, 5.74) is 2.72. The fourth-order valence-electron chi connectivity index (χ4n) is 2.87. The maximum absolute atomic E-state index is 13.6. The number of aromatic nitrogens is 1. The number of carbonyl (C=O) groups excluding carboxylic acids is 1. The number of ether oxygens (including phenoxy) is 2. The molecule has 1 heterocycles. The third-order valence-corrected chi connectivity index (χ3v) is 6.57. The van der Waals surface area contributed by atoms with Gasteiger partial charge in [0.25, 0.3) is 5.91 Å². The molecule has 1 N–H and O–H groups in total. The summed E-state index contributed by atoms with van der Waals surface area (Å²) in [5, 5.41) is 2.77. The lowest BCUT2D eigenvalue weighted by molar-refractivity contribution is -0.118. The molecule has 5 nitrogen and oxygen atoms in total. The number of hydrogen-bond acceptors (Lipinski definition) is 6. The molecule has 0 atom stereocenters. The zero-order valence-corrected chi connectivity index (χ0v) is 19.0. The third kappa shape index (κ3) is 5.99. The highest BCUT2D eigenvalue weighted by Crippen LogP contribution is 2.31. The number of nitrogens with zero attached hydrogens (tertiary/aromatic N) is 1. The van der Waals surface area contributed by atoms with Crippen LogP contribution in [0.1, 0.15) is 5.56 Å². The average Bonchev–Trinajstić information content (AvgIpc) is 3.19. The molecule has 0 spiro atoms. The van der Waals surface area contributed by atoms with Crippen LogP contribution < -0.4 is 14.8 Å². The molecular weight excluding hydrogens is 447 g/mol. The molecule has 1 aromatic heterocycles. The van der Waals surface area contributed by atoms with Gasteiger partial charge in [-0.15, -0.1) is 11.3 Å². The molecule has 32 heavy (non-hydrogen) atoms. The monoisotopic (exact) mass is 468 g/mol. The minimum Gasteiger partial charge on any atom is -0.493 e. The van der Waals surface area contributed by atoms with Crippen LogP contribution in [-0.4, -0.2) is 29.9 Å². The van der Waals surface area contributed by atoms with Crippen molar-refractivity contribution in [1.82, 2.24) is 4.98 Å². The first kappa shape index (κ1) is 22.1. The van der Waals surface area contributed by atoms with Crippen molar-refractivity contribution in [1.29, 1.82) is 0 Å². The lowest BCUT2D eigenvalue weighted by atomic mass is 10.2. The Morgan fingerprint density at radius 3 is 2.72 bits per heavy atom. The average molecular weight is 469 g/mol. The van der Waals surface area contributed by atoms with Gasteiger partial charge in [0.1, 0.15) is 5.75 Å². The SMILES string of the molecule is Cc1ccc(OCCSc2nc3ccc(NC(=O)COc4ccccc4F)cc3s2)cc1. The van der Waals surface area contributed by atoms with Gasteiger partial charge in [-0.1, -0.05) is 41.6 Å². The molecular formula is C24H21FN2O3S2. The molecule has 1 amide bonds. The van der Waals surface area contributed by atoms with Crippen molar-refractivity contribution in [3.8, 4) is 11.5 Å². The molecule has 4 rings (SSSR count). The first-order valence-corrected chi connectivity index (χ1v) is 11.8. The summed E-state index contributed by atoms with van der Waals surface area (Å²) in [6.07, 6.45) is 0. The van der Waals surface area contributed by atoms with E-state index in [9.17, 15) is 9.18 Å². The second-order valence-electron chi connectivity index (χ2n) is 6.94. The van der Waals surface area contributed by atoms with Crippen molar-refractivity contribution >= 4 is 44.9 Å². The van der Waals surface area contributed by atoms with E-state index in [0.717, 1.165) is 26.1 Å². The number of anilines is 1. The van der Waals surface area contributed by atoms with Crippen molar-refractivity contribution < 1.29 is 18.7 Å². The van der Waals surface area contributed by atoms with Gasteiger partial charge in [0, 0.05) is 11.4 Å². The second kappa shape index (κ2) is 10.5. The molecule has 0 fully saturated rings. The number of halogens is 1. The summed E-state index contributed by atoms with van der Waals surface area (Å²) in [7, 11) is 0. The van der Waals surface area contributed by atoms with Gasteiger partial charge in [0.05, 0.1) is 16.8 Å². The summed E-state index contributed by atoms with van der Waals surface area (Å²) in [5.74, 6) is 0.833. The van der Waals surface area contributed by atoms with E-state index in [4.69, 9.17) is 9.47 Å². The number of para-hydroxylation sites is 1. The van der Waals surface area contributed by atoms with Crippen LogP contribution in [0.4, 0.5) is 10.1 Å². The number of benzene rings is 3. The molecule has 0 aliphatic heterocycles. The van der Waals surface area contributed by atoms with Gasteiger partial charge in [-0.2, -0.15) is 0 Å². The fourth-order valence-corrected chi connectivity index (χ4v) is 4.86. The molecule has 164 valence electrons. The lowest BCUT2D eigenvalue weighted by Crippen LogP contribution is -2.20. The van der Waals surface area contributed by atoms with Crippen LogP contribution in [0, 0.1) is 12.7 Å². The Bertz CT molecular complexity index is 1210. The molecule has 0 saturated heterocycles. The minimum atomic E-state index is -0.499. The molecule has 4 aromatic rings. The zero-order valence-electron chi connectivity index (χ0n) is 17.3. The van der Waals surface area contributed by atoms with Crippen molar-refractivity contribution in [3.63, 3.8) is 0 Å². The van der Waals surface area contributed by atoms with Crippen LogP contribution in [0.15, 0.2) is 71.1 Å². The Balaban J connectivity index is 1.28. The first-order chi connectivity index (χ1) is 15.6. The number of aryl methyl sites for hydroxylation is 1. The highest BCUT2D eigenvalue weighted by Gasteiger charge is 2.09. The third-order valence-electron chi connectivity index (χ3n) is 4.45. The van der Waals surface area contributed by atoms with Crippen LogP contribution >= 0.6 is 23.1 Å². The summed E-state index contributed by atoms with van der Waals surface area (Å²) in [6.45, 7) is 2.36. The van der Waals surface area contributed by atoms with Crippen molar-refractivity contribution in [2.75, 3.05) is 24.3 Å². The van der Waals surface area contributed by atoms with Gasteiger partial charge in [-0.05, 0) is 49.4 Å². The summed E-state index contributed by atoms with van der Waals surface area (Å²) in [6, 6.07) is 19.5. The highest BCUT2D eigenvalue weighted by atomic mass is 32.2. The minimum absolute atomic E-state index is 0.0496. The molecule has 0 saturated carbocycles. The fraction of sp³-hybridized carbons (Fsp3) is 0.167. The predicted octanol–water partition coefficient (Wildman–Crippen LogP) is 5.93. The lowest BCUT2D eigenvalue weighted by Gasteiger charge is -2.08. The number of amides is 1. The first-order valence-electron chi connectivity index (χ1n) is 9.97. The quantitative estimate of drug-likeness (QED) is 0.244. The molecule has 0 aliphatic rings. The van der Waals surface area contributed by atoms with Crippen LogP contribution in [0.25, 0.3) is 10.2 Å². The van der Waals surface area contributed by atoms with E-state index in [0.29, 0.717) is 12.3 Å². The summed E-state index contributed by atoms with van der Waals surface area (Å²) < 4.78 is 26.5. The van der Waals surface area contributed by atoms with E-state index in [-0.39, 0.29) is 18.3 Å². The molecule has 0 aliphatic carbocycles. The number of rotatable bonds is 9. The number of thioether (sulfide) groups is 1. The Labute approximate surface area is 193 Å². The Hall–Kier alpha value is -3.10. The van der Waals surface area contributed by atoms with Crippen LogP contribution in [0.5, 0.6) is 11.5 Å². The van der Waals surface area contributed by atoms with E-state index in [1.165, 1.54) is 17.7 Å². The topological polar surface area (TPSA) is 60.5 Å². The van der Waals surface area contributed by atoms with Crippen LogP contribution in [0.3, 0.4) is 0 Å². The van der Waals surface area contributed by atoms with Gasteiger partial charge < -0.3 is 14.8 Å². The second-order valence-corrected chi connectivity index (χ2v) is 9.31. The van der Waals surface area contributed by atoms with E-state index < -0.39 is 5.82 Å². The van der Waals surface area contributed by atoms with Crippen molar-refractivity contribution in [3.05, 3.63) is 78.1 Å². The number of carbonyl (C=O) groups is 1. The number of nitrogens with one attached hydrogen (secondary N) is 1. The maximum atomic E-state index is 13.6. The summed E-state index contributed by atoms with van der Waals surface area (Å²) in [4.78, 5) is 16.8. The van der Waals surface area contributed by atoms with Crippen LogP contribution in [-0.2, 0) is 4.79 Å². The van der Waals surface area contributed by atoms with Gasteiger partial charge >= 0.3 is 0 Å². The normalized spacial score (nSPS) is 10.8. The Morgan fingerprint density at radius 1 is 1.09 bits per heavy atom. The number of thiazole rings is 1. The molecule has 0 unspecified atom stereocenters. The van der Waals surface area contributed by atoms with Gasteiger partial charge in [-0.25, -0.2) is 9.37 Å². The van der Waals surface area contributed by atoms with Gasteiger partial charge in [-0.3, -0.25) is 4.79 Å². The molecule has 8 heteroatoms. The van der Waals surface area contributed by atoms with E-state index in [2.05, 4.69) is 10.3 Å². The predicted molar refractivity (Wildman–Crippen MR) is 128 cm³/mol. The summed E-state index contributed by atoms with van der Waals surface area (Å²) >= 11 is 3.20. The highest BCUT2D eigenvalue weighted by molar-refractivity contribution is 8.01. The molecule has 0 radical (unpaired) electrons.